The SMILES string of the molecule is CCNCCCNS(=O)(=O)c1cc(C)ccc1F. The van der Waals surface area contributed by atoms with Crippen molar-refractivity contribution in [3.63, 3.8) is 0 Å². The Morgan fingerprint density at radius 1 is 1.28 bits per heavy atom. The molecule has 0 aromatic heterocycles. The fraction of sp³-hybridized carbons (Fsp3) is 0.500. The summed E-state index contributed by atoms with van der Waals surface area (Å²) in [4.78, 5) is -0.286. The van der Waals surface area contributed by atoms with Crippen LogP contribution in [0.1, 0.15) is 18.9 Å². The first-order valence-corrected chi connectivity index (χ1v) is 7.42. The number of rotatable bonds is 7. The molecule has 0 saturated heterocycles. The van der Waals surface area contributed by atoms with E-state index in [0.717, 1.165) is 13.1 Å². The van der Waals surface area contributed by atoms with Crippen molar-refractivity contribution in [2.75, 3.05) is 19.6 Å². The zero-order valence-electron chi connectivity index (χ0n) is 10.7. The number of sulfonamides is 1. The van der Waals surface area contributed by atoms with Crippen molar-refractivity contribution >= 4 is 10.0 Å². The zero-order valence-corrected chi connectivity index (χ0v) is 11.5. The van der Waals surface area contributed by atoms with E-state index in [-0.39, 0.29) is 4.90 Å². The molecule has 0 spiro atoms. The van der Waals surface area contributed by atoms with Crippen LogP contribution in [0.4, 0.5) is 4.39 Å². The summed E-state index contributed by atoms with van der Waals surface area (Å²) in [6, 6.07) is 4.05. The van der Waals surface area contributed by atoms with E-state index in [9.17, 15) is 12.8 Å². The lowest BCUT2D eigenvalue weighted by atomic mass is 10.2. The monoisotopic (exact) mass is 274 g/mol. The molecule has 0 fully saturated rings. The van der Waals surface area contributed by atoms with Crippen molar-refractivity contribution in [3.05, 3.63) is 29.6 Å². The Hall–Kier alpha value is -0.980. The fourth-order valence-corrected chi connectivity index (χ4v) is 2.73. The topological polar surface area (TPSA) is 58.2 Å². The highest BCUT2D eigenvalue weighted by atomic mass is 32.2. The summed E-state index contributed by atoms with van der Waals surface area (Å²) in [6.07, 6.45) is 0.667. The first kappa shape index (κ1) is 15.1. The summed E-state index contributed by atoms with van der Waals surface area (Å²) < 4.78 is 39.6. The quantitative estimate of drug-likeness (QED) is 0.739. The third-order valence-electron chi connectivity index (χ3n) is 2.45. The van der Waals surface area contributed by atoms with Gasteiger partial charge in [-0.1, -0.05) is 13.0 Å². The van der Waals surface area contributed by atoms with Crippen molar-refractivity contribution in [3.8, 4) is 0 Å². The smallest absolute Gasteiger partial charge is 0.243 e. The van der Waals surface area contributed by atoms with Gasteiger partial charge in [0.1, 0.15) is 10.7 Å². The Morgan fingerprint density at radius 3 is 2.67 bits per heavy atom. The molecule has 0 aliphatic heterocycles. The molecule has 0 radical (unpaired) electrons. The number of hydrogen-bond acceptors (Lipinski definition) is 3. The number of halogens is 1. The second kappa shape index (κ2) is 6.82. The van der Waals surface area contributed by atoms with Crippen molar-refractivity contribution in [2.45, 2.75) is 25.2 Å². The molecule has 1 aromatic carbocycles. The highest BCUT2D eigenvalue weighted by molar-refractivity contribution is 7.89. The van der Waals surface area contributed by atoms with Gasteiger partial charge in [-0.2, -0.15) is 0 Å². The van der Waals surface area contributed by atoms with Crippen LogP contribution in [0.15, 0.2) is 23.1 Å². The molecule has 6 heteroatoms. The Morgan fingerprint density at radius 2 is 2.00 bits per heavy atom. The van der Waals surface area contributed by atoms with Crippen LogP contribution in [0.5, 0.6) is 0 Å². The molecule has 0 aliphatic rings. The van der Waals surface area contributed by atoms with E-state index in [1.807, 2.05) is 6.92 Å². The van der Waals surface area contributed by atoms with E-state index in [2.05, 4.69) is 10.0 Å². The van der Waals surface area contributed by atoms with Crippen molar-refractivity contribution in [1.82, 2.24) is 10.0 Å². The lowest BCUT2D eigenvalue weighted by Crippen LogP contribution is -2.28. The minimum atomic E-state index is -3.75. The molecular weight excluding hydrogens is 255 g/mol. The Labute approximate surface area is 108 Å². The number of hydrogen-bond donors (Lipinski definition) is 2. The lowest BCUT2D eigenvalue weighted by molar-refractivity contribution is 0.553. The van der Waals surface area contributed by atoms with Gasteiger partial charge in [0.15, 0.2) is 0 Å². The molecule has 0 heterocycles. The first-order valence-electron chi connectivity index (χ1n) is 5.94. The zero-order chi connectivity index (χ0) is 13.6. The Balaban J connectivity index is 2.66. The van der Waals surface area contributed by atoms with E-state index in [4.69, 9.17) is 0 Å². The highest BCUT2D eigenvalue weighted by Gasteiger charge is 2.18. The minimum absolute atomic E-state index is 0.286. The molecule has 1 rings (SSSR count). The van der Waals surface area contributed by atoms with Crippen LogP contribution in [-0.4, -0.2) is 28.1 Å². The van der Waals surface area contributed by atoms with Gasteiger partial charge in [-0.15, -0.1) is 0 Å². The van der Waals surface area contributed by atoms with Crippen LogP contribution in [0.3, 0.4) is 0 Å². The summed E-state index contributed by atoms with van der Waals surface area (Å²) in [7, 11) is -3.75. The maximum atomic E-state index is 13.5. The maximum Gasteiger partial charge on any atom is 0.243 e. The molecule has 1 aromatic rings. The summed E-state index contributed by atoms with van der Waals surface area (Å²) in [5.41, 5.74) is 0.712. The van der Waals surface area contributed by atoms with Gasteiger partial charge in [0.2, 0.25) is 10.0 Å². The fourth-order valence-electron chi connectivity index (χ4n) is 1.49. The van der Waals surface area contributed by atoms with Crippen LogP contribution < -0.4 is 10.0 Å². The van der Waals surface area contributed by atoms with Gasteiger partial charge in [0, 0.05) is 6.54 Å². The predicted octanol–water partition coefficient (Wildman–Crippen LogP) is 1.41. The van der Waals surface area contributed by atoms with E-state index in [1.165, 1.54) is 12.1 Å². The van der Waals surface area contributed by atoms with Gasteiger partial charge < -0.3 is 5.32 Å². The second-order valence-corrected chi connectivity index (χ2v) is 5.77. The van der Waals surface area contributed by atoms with Gasteiger partial charge in [0.25, 0.3) is 0 Å². The van der Waals surface area contributed by atoms with Crippen LogP contribution in [0.25, 0.3) is 0 Å². The average molecular weight is 274 g/mol. The number of nitrogens with one attached hydrogen (secondary N) is 2. The van der Waals surface area contributed by atoms with E-state index < -0.39 is 15.8 Å². The number of aryl methyl sites for hydroxylation is 1. The minimum Gasteiger partial charge on any atom is -0.317 e. The maximum absolute atomic E-state index is 13.5. The predicted molar refractivity (Wildman–Crippen MR) is 69.5 cm³/mol. The van der Waals surface area contributed by atoms with Crippen molar-refractivity contribution < 1.29 is 12.8 Å². The first-order chi connectivity index (χ1) is 8.47. The molecular formula is C12H19FN2O2S. The molecule has 0 aliphatic carbocycles. The Kier molecular flexibility index (Phi) is 5.71. The lowest BCUT2D eigenvalue weighted by Gasteiger charge is -2.08. The molecule has 102 valence electrons. The van der Waals surface area contributed by atoms with Gasteiger partial charge >= 0.3 is 0 Å². The number of benzene rings is 1. The summed E-state index contributed by atoms with van der Waals surface area (Å²) in [5.74, 6) is -0.722. The van der Waals surface area contributed by atoms with Gasteiger partial charge in [0.05, 0.1) is 0 Å². The Bertz CT molecular complexity index is 489. The summed E-state index contributed by atoms with van der Waals surface area (Å²) >= 11 is 0. The van der Waals surface area contributed by atoms with Crippen molar-refractivity contribution in [2.24, 2.45) is 0 Å². The van der Waals surface area contributed by atoms with Crippen LogP contribution >= 0.6 is 0 Å². The largest absolute Gasteiger partial charge is 0.317 e. The highest BCUT2D eigenvalue weighted by Crippen LogP contribution is 2.15. The molecule has 0 unspecified atom stereocenters. The molecule has 18 heavy (non-hydrogen) atoms. The molecule has 2 N–H and O–H groups in total. The molecule has 0 saturated carbocycles. The van der Waals surface area contributed by atoms with Crippen LogP contribution in [-0.2, 0) is 10.0 Å². The van der Waals surface area contributed by atoms with E-state index in [1.54, 1.807) is 13.0 Å². The van der Waals surface area contributed by atoms with Crippen LogP contribution in [0, 0.1) is 12.7 Å². The normalized spacial score (nSPS) is 11.7. The van der Waals surface area contributed by atoms with Gasteiger partial charge in [-0.25, -0.2) is 17.5 Å². The average Bonchev–Trinajstić information content (AvgIpc) is 2.32. The van der Waals surface area contributed by atoms with Crippen LogP contribution in [0.2, 0.25) is 0 Å². The third-order valence-corrected chi connectivity index (χ3v) is 3.92. The standard InChI is InChI=1S/C12H19FN2O2S/c1-3-14-7-4-8-15-18(16,17)12-9-10(2)5-6-11(12)13/h5-6,9,14-15H,3-4,7-8H2,1-2H3. The molecule has 0 atom stereocenters. The second-order valence-electron chi connectivity index (χ2n) is 4.04. The summed E-state index contributed by atoms with van der Waals surface area (Å²) in [5, 5.41) is 3.09. The summed E-state index contributed by atoms with van der Waals surface area (Å²) in [6.45, 7) is 5.58. The molecule has 0 bridgehead atoms. The van der Waals surface area contributed by atoms with Gasteiger partial charge in [-0.3, -0.25) is 0 Å². The van der Waals surface area contributed by atoms with Gasteiger partial charge in [-0.05, 0) is 44.1 Å². The van der Waals surface area contributed by atoms with Crippen molar-refractivity contribution in [1.29, 1.82) is 0 Å². The molecule has 0 amide bonds. The van der Waals surface area contributed by atoms with E-state index >= 15 is 0 Å². The third kappa shape index (κ3) is 4.36. The van der Waals surface area contributed by atoms with E-state index in [0.29, 0.717) is 18.5 Å². The molecule has 4 nitrogen and oxygen atoms in total.